The second kappa shape index (κ2) is 6.28. The van der Waals surface area contributed by atoms with Crippen molar-refractivity contribution in [3.05, 3.63) is 18.1 Å². The highest BCUT2D eigenvalue weighted by atomic mass is 16.6. The first-order valence-corrected chi connectivity index (χ1v) is 7.34. The van der Waals surface area contributed by atoms with E-state index in [-0.39, 0.29) is 6.09 Å². The minimum absolute atomic E-state index is 0.222. The van der Waals surface area contributed by atoms with E-state index in [1.165, 1.54) is 0 Å². The van der Waals surface area contributed by atoms with Crippen molar-refractivity contribution in [2.45, 2.75) is 39.7 Å². The van der Waals surface area contributed by atoms with Gasteiger partial charge in [0.05, 0.1) is 11.9 Å². The fourth-order valence-electron chi connectivity index (χ4n) is 2.29. The van der Waals surface area contributed by atoms with Crippen molar-refractivity contribution in [1.29, 1.82) is 0 Å². The molecule has 2 heterocycles. The highest BCUT2D eigenvalue weighted by Gasteiger charge is 2.29. The van der Waals surface area contributed by atoms with E-state index < -0.39 is 5.60 Å². The molecule has 1 fully saturated rings. The van der Waals surface area contributed by atoms with Crippen LogP contribution in [-0.2, 0) is 4.74 Å². The van der Waals surface area contributed by atoms with Gasteiger partial charge < -0.3 is 15.0 Å². The molecule has 1 amide bonds. The topological polar surface area (TPSA) is 67.4 Å². The fourth-order valence-corrected chi connectivity index (χ4v) is 2.29. The Morgan fingerprint density at radius 1 is 1.48 bits per heavy atom. The number of nitrogens with one attached hydrogen (secondary N) is 1. The van der Waals surface area contributed by atoms with E-state index in [0.717, 1.165) is 37.6 Å². The zero-order valence-corrected chi connectivity index (χ0v) is 13.2. The Morgan fingerprint density at radius 2 is 2.24 bits per heavy atom. The smallest absolute Gasteiger partial charge is 0.410 e. The monoisotopic (exact) mass is 292 g/mol. The standard InChI is InChI=1S/C15H24N4O2/c1-11-7-16-9-13(18-11)17-8-12-5-6-19(10-12)14(20)21-15(2,3)4/h7,9,12H,5-6,8,10H2,1-4H3,(H,17,18). The molecule has 2 rings (SSSR count). The summed E-state index contributed by atoms with van der Waals surface area (Å²) in [5.74, 6) is 1.20. The van der Waals surface area contributed by atoms with E-state index in [0.29, 0.717) is 5.92 Å². The molecule has 1 unspecified atom stereocenters. The Kier molecular flexibility index (Phi) is 4.65. The lowest BCUT2D eigenvalue weighted by Crippen LogP contribution is -2.35. The number of ether oxygens (including phenoxy) is 1. The fraction of sp³-hybridized carbons (Fsp3) is 0.667. The minimum atomic E-state index is -0.440. The highest BCUT2D eigenvalue weighted by molar-refractivity contribution is 5.68. The van der Waals surface area contributed by atoms with Gasteiger partial charge in [0, 0.05) is 25.8 Å². The van der Waals surface area contributed by atoms with Crippen LogP contribution in [0.15, 0.2) is 12.4 Å². The Hall–Kier alpha value is -1.85. The lowest BCUT2D eigenvalue weighted by Gasteiger charge is -2.24. The number of aryl methyl sites for hydroxylation is 1. The van der Waals surface area contributed by atoms with Crippen LogP contribution < -0.4 is 5.32 Å². The van der Waals surface area contributed by atoms with Crippen LogP contribution in [0.3, 0.4) is 0 Å². The second-order valence-electron chi connectivity index (χ2n) is 6.51. The molecule has 0 aliphatic carbocycles. The van der Waals surface area contributed by atoms with E-state index in [2.05, 4.69) is 15.3 Å². The van der Waals surface area contributed by atoms with E-state index in [4.69, 9.17) is 4.74 Å². The van der Waals surface area contributed by atoms with E-state index in [1.807, 2.05) is 27.7 Å². The molecule has 1 aromatic rings. The van der Waals surface area contributed by atoms with Crippen LogP contribution in [0.4, 0.5) is 10.6 Å². The zero-order valence-electron chi connectivity index (χ0n) is 13.2. The molecule has 0 aromatic carbocycles. The first-order chi connectivity index (χ1) is 9.83. The van der Waals surface area contributed by atoms with Crippen molar-refractivity contribution in [1.82, 2.24) is 14.9 Å². The lowest BCUT2D eigenvalue weighted by molar-refractivity contribution is 0.0289. The molecule has 0 bridgehead atoms. The number of carbonyl (C=O) groups is 1. The van der Waals surface area contributed by atoms with Gasteiger partial charge in [0.25, 0.3) is 0 Å². The summed E-state index contributed by atoms with van der Waals surface area (Å²) in [7, 11) is 0. The van der Waals surface area contributed by atoms with Gasteiger partial charge in [0.1, 0.15) is 11.4 Å². The van der Waals surface area contributed by atoms with Crippen molar-refractivity contribution in [3.63, 3.8) is 0 Å². The zero-order chi connectivity index (χ0) is 15.5. The number of likely N-dealkylation sites (tertiary alicyclic amines) is 1. The largest absolute Gasteiger partial charge is 0.444 e. The average molecular weight is 292 g/mol. The first kappa shape index (κ1) is 15.5. The van der Waals surface area contributed by atoms with Gasteiger partial charge >= 0.3 is 6.09 Å². The third-order valence-electron chi connectivity index (χ3n) is 3.26. The highest BCUT2D eigenvalue weighted by Crippen LogP contribution is 2.19. The molecule has 6 nitrogen and oxygen atoms in total. The van der Waals surface area contributed by atoms with Crippen molar-refractivity contribution in [2.75, 3.05) is 25.0 Å². The predicted octanol–water partition coefficient (Wildman–Crippen LogP) is 2.45. The molecule has 1 aliphatic heterocycles. The molecule has 116 valence electrons. The third-order valence-corrected chi connectivity index (χ3v) is 3.26. The maximum Gasteiger partial charge on any atom is 0.410 e. The van der Waals surface area contributed by atoms with Gasteiger partial charge in [-0.15, -0.1) is 0 Å². The third kappa shape index (κ3) is 4.88. The summed E-state index contributed by atoms with van der Waals surface area (Å²) in [6.45, 7) is 9.83. The van der Waals surface area contributed by atoms with Crippen LogP contribution in [0.2, 0.25) is 0 Å². The Bertz CT molecular complexity index is 499. The molecule has 6 heteroatoms. The van der Waals surface area contributed by atoms with Gasteiger partial charge in [-0.2, -0.15) is 0 Å². The van der Waals surface area contributed by atoms with Gasteiger partial charge in [-0.25, -0.2) is 9.78 Å². The van der Waals surface area contributed by atoms with E-state index in [9.17, 15) is 4.79 Å². The maximum absolute atomic E-state index is 12.0. The number of hydrogen-bond donors (Lipinski definition) is 1. The number of nitrogens with zero attached hydrogens (tertiary/aromatic N) is 3. The number of rotatable bonds is 3. The summed E-state index contributed by atoms with van der Waals surface area (Å²) in [5.41, 5.74) is 0.451. The molecule has 1 saturated heterocycles. The number of amides is 1. The first-order valence-electron chi connectivity index (χ1n) is 7.34. The molecular weight excluding hydrogens is 268 g/mol. The van der Waals surface area contributed by atoms with Gasteiger partial charge in [0.2, 0.25) is 0 Å². The molecule has 0 saturated carbocycles. The van der Waals surface area contributed by atoms with Gasteiger partial charge in [-0.1, -0.05) is 0 Å². The minimum Gasteiger partial charge on any atom is -0.444 e. The Balaban J connectivity index is 1.79. The second-order valence-corrected chi connectivity index (χ2v) is 6.51. The molecule has 1 atom stereocenters. The molecule has 1 N–H and O–H groups in total. The number of aromatic nitrogens is 2. The molecule has 1 aliphatic rings. The lowest BCUT2D eigenvalue weighted by atomic mass is 10.1. The summed E-state index contributed by atoms with van der Waals surface area (Å²) in [6.07, 6.45) is 4.20. The summed E-state index contributed by atoms with van der Waals surface area (Å²) in [4.78, 5) is 22.2. The van der Waals surface area contributed by atoms with Gasteiger partial charge in [-0.05, 0) is 40.0 Å². The van der Waals surface area contributed by atoms with Gasteiger partial charge in [-0.3, -0.25) is 4.98 Å². The Morgan fingerprint density at radius 3 is 2.90 bits per heavy atom. The van der Waals surface area contributed by atoms with E-state index in [1.54, 1.807) is 17.3 Å². The molecule has 21 heavy (non-hydrogen) atoms. The summed E-state index contributed by atoms with van der Waals surface area (Å²) in [5, 5.41) is 3.28. The Labute approximate surface area is 125 Å². The normalized spacial score (nSPS) is 18.7. The average Bonchev–Trinajstić information content (AvgIpc) is 2.83. The number of hydrogen-bond acceptors (Lipinski definition) is 5. The molecular formula is C15H24N4O2. The number of carbonyl (C=O) groups excluding carboxylic acids is 1. The molecule has 0 radical (unpaired) electrons. The van der Waals surface area contributed by atoms with E-state index >= 15 is 0 Å². The molecule has 0 spiro atoms. The predicted molar refractivity (Wildman–Crippen MR) is 81.2 cm³/mol. The van der Waals surface area contributed by atoms with Crippen LogP contribution in [0, 0.1) is 12.8 Å². The van der Waals surface area contributed by atoms with Crippen LogP contribution in [0.5, 0.6) is 0 Å². The quantitative estimate of drug-likeness (QED) is 0.927. The van der Waals surface area contributed by atoms with Crippen molar-refractivity contribution in [2.24, 2.45) is 5.92 Å². The SMILES string of the molecule is Cc1cncc(NCC2CCN(C(=O)OC(C)(C)C)C2)n1. The summed E-state index contributed by atoms with van der Waals surface area (Å²) in [6, 6.07) is 0. The van der Waals surface area contributed by atoms with Crippen LogP contribution in [-0.4, -0.2) is 46.2 Å². The van der Waals surface area contributed by atoms with Crippen molar-refractivity contribution >= 4 is 11.9 Å². The van der Waals surface area contributed by atoms with Crippen molar-refractivity contribution < 1.29 is 9.53 Å². The van der Waals surface area contributed by atoms with Crippen LogP contribution in [0.1, 0.15) is 32.9 Å². The van der Waals surface area contributed by atoms with Crippen molar-refractivity contribution in [3.8, 4) is 0 Å². The van der Waals surface area contributed by atoms with Crippen LogP contribution >= 0.6 is 0 Å². The summed E-state index contributed by atoms with van der Waals surface area (Å²) < 4.78 is 5.39. The van der Waals surface area contributed by atoms with Gasteiger partial charge in [0.15, 0.2) is 0 Å². The van der Waals surface area contributed by atoms with Crippen LogP contribution in [0.25, 0.3) is 0 Å². The molecule has 1 aromatic heterocycles. The number of anilines is 1. The maximum atomic E-state index is 12.0. The summed E-state index contributed by atoms with van der Waals surface area (Å²) >= 11 is 0.